The first-order valence-electron chi connectivity index (χ1n) is 5.49. The summed E-state index contributed by atoms with van der Waals surface area (Å²) in [5, 5.41) is 8.86. The summed E-state index contributed by atoms with van der Waals surface area (Å²) < 4.78 is 5.48. The summed E-state index contributed by atoms with van der Waals surface area (Å²) in [5.74, 6) is -0.504. The molecule has 0 radical (unpaired) electrons. The van der Waals surface area contributed by atoms with Gasteiger partial charge in [0.1, 0.15) is 5.82 Å². The van der Waals surface area contributed by atoms with E-state index in [1.165, 1.54) is 6.20 Å². The number of carboxylic acids is 1. The topological polar surface area (TPSA) is 75.5 Å². The van der Waals surface area contributed by atoms with Gasteiger partial charge in [-0.15, -0.1) is 0 Å². The molecule has 0 aromatic carbocycles. The molecule has 1 aromatic heterocycles. The molecule has 2 unspecified atom stereocenters. The molecule has 17 heavy (non-hydrogen) atoms. The Hall–Kier alpha value is -1.69. The fraction of sp³-hybridized carbons (Fsp3) is 0.545. The van der Waals surface area contributed by atoms with E-state index in [1.807, 2.05) is 18.9 Å². The highest BCUT2D eigenvalue weighted by Gasteiger charge is 2.29. The molecule has 1 saturated heterocycles. The van der Waals surface area contributed by atoms with Gasteiger partial charge in [-0.25, -0.2) is 9.78 Å². The first-order chi connectivity index (χ1) is 8.09. The van der Waals surface area contributed by atoms with Gasteiger partial charge < -0.3 is 14.7 Å². The minimum absolute atomic E-state index is 0.0408. The van der Waals surface area contributed by atoms with Gasteiger partial charge in [-0.1, -0.05) is 0 Å². The van der Waals surface area contributed by atoms with Crippen LogP contribution in [0.25, 0.3) is 0 Å². The van der Waals surface area contributed by atoms with Gasteiger partial charge in [-0.3, -0.25) is 4.98 Å². The minimum atomic E-state index is -1.07. The van der Waals surface area contributed by atoms with Crippen LogP contribution in [0.5, 0.6) is 0 Å². The fourth-order valence-corrected chi connectivity index (χ4v) is 2.03. The third-order valence-electron chi connectivity index (χ3n) is 3.04. The summed E-state index contributed by atoms with van der Waals surface area (Å²) in [4.78, 5) is 20.7. The molecule has 1 fully saturated rings. The van der Waals surface area contributed by atoms with E-state index in [-0.39, 0.29) is 17.8 Å². The van der Waals surface area contributed by atoms with Gasteiger partial charge in [-0.2, -0.15) is 0 Å². The summed E-state index contributed by atoms with van der Waals surface area (Å²) in [6.45, 7) is 2.73. The lowest BCUT2D eigenvalue weighted by molar-refractivity contribution is 0.0690. The zero-order chi connectivity index (χ0) is 12.4. The van der Waals surface area contributed by atoms with Crippen LogP contribution in [0.15, 0.2) is 12.4 Å². The van der Waals surface area contributed by atoms with Crippen LogP contribution in [0.2, 0.25) is 0 Å². The zero-order valence-electron chi connectivity index (χ0n) is 9.83. The van der Waals surface area contributed by atoms with Crippen molar-refractivity contribution >= 4 is 11.8 Å². The predicted octanol–water partition coefficient (Wildman–Crippen LogP) is 0.788. The Kier molecular flexibility index (Phi) is 3.23. The number of likely N-dealkylation sites (N-methyl/N-ethyl adjacent to an activating group) is 1. The van der Waals surface area contributed by atoms with Crippen molar-refractivity contribution in [3.63, 3.8) is 0 Å². The van der Waals surface area contributed by atoms with E-state index >= 15 is 0 Å². The molecular weight excluding hydrogens is 222 g/mol. The number of aromatic nitrogens is 2. The van der Waals surface area contributed by atoms with E-state index < -0.39 is 5.97 Å². The van der Waals surface area contributed by atoms with Crippen LogP contribution in [0, 0.1) is 0 Å². The van der Waals surface area contributed by atoms with Crippen LogP contribution in [0.1, 0.15) is 23.8 Å². The standard InChI is InChI=1S/C11H15N3O3/c1-7-9(3-4-17-7)14(2)10-6-12-5-8(13-10)11(15)16/h5-7,9H,3-4H2,1-2H3,(H,15,16). The van der Waals surface area contributed by atoms with Crippen molar-refractivity contribution in [3.05, 3.63) is 18.1 Å². The molecule has 6 nitrogen and oxygen atoms in total. The molecule has 1 aliphatic heterocycles. The monoisotopic (exact) mass is 237 g/mol. The average molecular weight is 237 g/mol. The predicted molar refractivity (Wildman–Crippen MR) is 61.2 cm³/mol. The fourth-order valence-electron chi connectivity index (χ4n) is 2.03. The summed E-state index contributed by atoms with van der Waals surface area (Å²) in [5.41, 5.74) is -0.0408. The van der Waals surface area contributed by atoms with Crippen molar-refractivity contribution in [1.82, 2.24) is 9.97 Å². The first-order valence-corrected chi connectivity index (χ1v) is 5.49. The molecule has 2 heterocycles. The Morgan fingerprint density at radius 3 is 2.94 bits per heavy atom. The molecule has 0 saturated carbocycles. The molecular formula is C11H15N3O3. The molecule has 92 valence electrons. The zero-order valence-corrected chi connectivity index (χ0v) is 9.83. The SMILES string of the molecule is CC1OCCC1N(C)c1cncc(C(=O)O)n1. The number of anilines is 1. The number of nitrogens with zero attached hydrogens (tertiary/aromatic N) is 3. The number of rotatable bonds is 3. The first kappa shape index (κ1) is 11.8. The summed E-state index contributed by atoms with van der Waals surface area (Å²) in [6.07, 6.45) is 3.85. The molecule has 0 amide bonds. The average Bonchev–Trinajstić information content (AvgIpc) is 2.74. The molecule has 0 bridgehead atoms. The van der Waals surface area contributed by atoms with Crippen LogP contribution in [0.3, 0.4) is 0 Å². The highest BCUT2D eigenvalue weighted by atomic mass is 16.5. The summed E-state index contributed by atoms with van der Waals surface area (Å²) >= 11 is 0. The van der Waals surface area contributed by atoms with E-state index in [0.29, 0.717) is 5.82 Å². The number of hydrogen-bond donors (Lipinski definition) is 1. The van der Waals surface area contributed by atoms with Crippen molar-refractivity contribution in [2.24, 2.45) is 0 Å². The van der Waals surface area contributed by atoms with Gasteiger partial charge in [0.2, 0.25) is 0 Å². The highest BCUT2D eigenvalue weighted by molar-refractivity contribution is 5.85. The second-order valence-electron chi connectivity index (χ2n) is 4.11. The lowest BCUT2D eigenvalue weighted by atomic mass is 10.1. The van der Waals surface area contributed by atoms with Crippen molar-refractivity contribution < 1.29 is 14.6 Å². The van der Waals surface area contributed by atoms with E-state index in [0.717, 1.165) is 13.0 Å². The van der Waals surface area contributed by atoms with Gasteiger partial charge in [0.15, 0.2) is 5.69 Å². The summed E-state index contributed by atoms with van der Waals surface area (Å²) in [6, 6.07) is 0.216. The largest absolute Gasteiger partial charge is 0.476 e. The van der Waals surface area contributed by atoms with Crippen LogP contribution in [0.4, 0.5) is 5.82 Å². The Balaban J connectivity index is 2.21. The third-order valence-corrected chi connectivity index (χ3v) is 3.04. The normalized spacial score (nSPS) is 23.6. The van der Waals surface area contributed by atoms with Gasteiger partial charge in [0.25, 0.3) is 0 Å². The van der Waals surface area contributed by atoms with E-state index in [2.05, 4.69) is 9.97 Å². The van der Waals surface area contributed by atoms with Gasteiger partial charge in [-0.05, 0) is 13.3 Å². The van der Waals surface area contributed by atoms with Gasteiger partial charge in [0, 0.05) is 13.7 Å². The second-order valence-corrected chi connectivity index (χ2v) is 4.11. The highest BCUT2D eigenvalue weighted by Crippen LogP contribution is 2.22. The number of ether oxygens (including phenoxy) is 1. The van der Waals surface area contributed by atoms with Crippen molar-refractivity contribution in [1.29, 1.82) is 0 Å². The van der Waals surface area contributed by atoms with Crippen molar-refractivity contribution in [3.8, 4) is 0 Å². The van der Waals surface area contributed by atoms with Crippen LogP contribution in [-0.4, -0.2) is 46.8 Å². The number of carbonyl (C=O) groups is 1. The molecule has 1 aliphatic rings. The Morgan fingerprint density at radius 2 is 2.35 bits per heavy atom. The second kappa shape index (κ2) is 4.67. The summed E-state index contributed by atoms with van der Waals surface area (Å²) in [7, 11) is 1.88. The number of hydrogen-bond acceptors (Lipinski definition) is 5. The van der Waals surface area contributed by atoms with Crippen molar-refractivity contribution in [2.45, 2.75) is 25.5 Å². The molecule has 6 heteroatoms. The van der Waals surface area contributed by atoms with Gasteiger partial charge in [0.05, 0.1) is 24.5 Å². The maximum Gasteiger partial charge on any atom is 0.356 e. The van der Waals surface area contributed by atoms with Crippen molar-refractivity contribution in [2.75, 3.05) is 18.6 Å². The van der Waals surface area contributed by atoms with E-state index in [9.17, 15) is 4.79 Å². The lowest BCUT2D eigenvalue weighted by Crippen LogP contribution is -2.37. The van der Waals surface area contributed by atoms with E-state index in [4.69, 9.17) is 9.84 Å². The van der Waals surface area contributed by atoms with Crippen LogP contribution >= 0.6 is 0 Å². The number of aromatic carboxylic acids is 1. The Bertz CT molecular complexity index is 424. The number of carboxylic acid groups (broad SMARTS) is 1. The smallest absolute Gasteiger partial charge is 0.356 e. The van der Waals surface area contributed by atoms with Gasteiger partial charge >= 0.3 is 5.97 Å². The quantitative estimate of drug-likeness (QED) is 0.837. The third kappa shape index (κ3) is 2.36. The molecule has 2 rings (SSSR count). The molecule has 1 N–H and O–H groups in total. The molecule has 0 spiro atoms. The van der Waals surface area contributed by atoms with E-state index in [1.54, 1.807) is 6.20 Å². The molecule has 1 aromatic rings. The minimum Gasteiger partial charge on any atom is -0.476 e. The Morgan fingerprint density at radius 1 is 1.59 bits per heavy atom. The molecule has 2 atom stereocenters. The maximum atomic E-state index is 10.8. The maximum absolute atomic E-state index is 10.8. The Labute approximate surface area is 99.2 Å². The van der Waals surface area contributed by atoms with Crippen LogP contribution < -0.4 is 4.90 Å². The lowest BCUT2D eigenvalue weighted by Gasteiger charge is -2.27. The molecule has 0 aliphatic carbocycles. The van der Waals surface area contributed by atoms with Crippen LogP contribution in [-0.2, 0) is 4.74 Å².